The molecule has 0 heterocycles. The number of halogens is 2. The number of carbonyl (C=O) groups is 2. The maximum atomic E-state index is 12.4. The first-order chi connectivity index (χ1) is 6.60. The van der Waals surface area contributed by atoms with Gasteiger partial charge >= 0.3 is 6.09 Å². The molecule has 0 aliphatic carbocycles. The molecule has 0 saturated carbocycles. The lowest BCUT2D eigenvalue weighted by atomic mass is 10.1. The van der Waals surface area contributed by atoms with E-state index >= 15 is 0 Å². The molecular formula is C9H15F2NO3. The molecule has 0 aromatic rings. The molecule has 1 atom stereocenters. The summed E-state index contributed by atoms with van der Waals surface area (Å²) in [5, 5.41) is 1.82. The SMILES string of the molecule is CC(C)(C)OC(=O)NC(C)(C=O)C(F)F. The topological polar surface area (TPSA) is 55.4 Å². The molecule has 0 rings (SSSR count). The lowest BCUT2D eigenvalue weighted by molar-refractivity contribution is -0.118. The normalized spacial score (nSPS) is 15.7. The summed E-state index contributed by atoms with van der Waals surface area (Å²) in [6.45, 7) is 5.70. The van der Waals surface area contributed by atoms with Crippen LogP contribution in [0.1, 0.15) is 27.7 Å². The predicted octanol–water partition coefficient (Wildman–Crippen LogP) is 1.73. The van der Waals surface area contributed by atoms with Crippen LogP contribution in [0.5, 0.6) is 0 Å². The summed E-state index contributed by atoms with van der Waals surface area (Å²) in [5.41, 5.74) is -3.00. The molecular weight excluding hydrogens is 208 g/mol. The Kier molecular flexibility index (Phi) is 4.18. The van der Waals surface area contributed by atoms with E-state index in [-0.39, 0.29) is 6.29 Å². The van der Waals surface area contributed by atoms with Crippen LogP contribution in [0.25, 0.3) is 0 Å². The average Bonchev–Trinajstić information content (AvgIpc) is 1.99. The zero-order chi connectivity index (χ0) is 12.3. The summed E-state index contributed by atoms with van der Waals surface area (Å²) in [6.07, 6.45) is -4.04. The van der Waals surface area contributed by atoms with Crippen molar-refractivity contribution in [2.45, 2.75) is 45.3 Å². The monoisotopic (exact) mass is 223 g/mol. The smallest absolute Gasteiger partial charge is 0.408 e. The van der Waals surface area contributed by atoms with E-state index in [4.69, 9.17) is 4.74 Å². The third-order valence-corrected chi connectivity index (χ3v) is 1.47. The summed E-state index contributed by atoms with van der Waals surface area (Å²) in [7, 11) is 0. The summed E-state index contributed by atoms with van der Waals surface area (Å²) >= 11 is 0. The molecule has 0 aromatic carbocycles. The van der Waals surface area contributed by atoms with Crippen molar-refractivity contribution in [3.63, 3.8) is 0 Å². The number of ether oxygens (including phenoxy) is 1. The largest absolute Gasteiger partial charge is 0.444 e. The number of aldehydes is 1. The van der Waals surface area contributed by atoms with E-state index in [0.717, 1.165) is 6.92 Å². The van der Waals surface area contributed by atoms with E-state index < -0.39 is 23.7 Å². The summed E-state index contributed by atoms with van der Waals surface area (Å²) in [5.74, 6) is 0. The Balaban J connectivity index is 4.45. The van der Waals surface area contributed by atoms with Gasteiger partial charge in [0.25, 0.3) is 6.43 Å². The second-order valence-corrected chi connectivity index (χ2v) is 4.33. The zero-order valence-corrected chi connectivity index (χ0v) is 9.14. The number of rotatable bonds is 3. The van der Waals surface area contributed by atoms with Gasteiger partial charge < -0.3 is 14.8 Å². The van der Waals surface area contributed by atoms with Crippen LogP contribution in [0, 0.1) is 0 Å². The molecule has 0 aromatic heterocycles. The van der Waals surface area contributed by atoms with Gasteiger partial charge in [-0.05, 0) is 27.7 Å². The minimum Gasteiger partial charge on any atom is -0.444 e. The van der Waals surface area contributed by atoms with Gasteiger partial charge in [0.2, 0.25) is 0 Å². The summed E-state index contributed by atoms with van der Waals surface area (Å²) in [4.78, 5) is 21.5. The van der Waals surface area contributed by atoms with Gasteiger partial charge in [0.1, 0.15) is 5.60 Å². The molecule has 4 nitrogen and oxygen atoms in total. The number of hydrogen-bond acceptors (Lipinski definition) is 3. The Hall–Kier alpha value is -1.20. The van der Waals surface area contributed by atoms with Crippen LogP contribution in [-0.2, 0) is 9.53 Å². The molecule has 0 aliphatic rings. The maximum Gasteiger partial charge on any atom is 0.408 e. The average molecular weight is 223 g/mol. The molecule has 0 bridgehead atoms. The van der Waals surface area contributed by atoms with E-state index in [2.05, 4.69) is 0 Å². The quantitative estimate of drug-likeness (QED) is 0.741. The highest BCUT2D eigenvalue weighted by atomic mass is 19.3. The molecule has 1 unspecified atom stereocenters. The first-order valence-electron chi connectivity index (χ1n) is 4.36. The molecule has 0 aliphatic heterocycles. The van der Waals surface area contributed by atoms with E-state index in [9.17, 15) is 18.4 Å². The van der Waals surface area contributed by atoms with Crippen LogP contribution >= 0.6 is 0 Å². The van der Waals surface area contributed by atoms with Crippen LogP contribution in [0.4, 0.5) is 13.6 Å². The van der Waals surface area contributed by atoms with Crippen LogP contribution in [0.15, 0.2) is 0 Å². The van der Waals surface area contributed by atoms with E-state index in [0.29, 0.717) is 0 Å². The second-order valence-electron chi connectivity index (χ2n) is 4.33. The Bertz CT molecular complexity index is 250. The number of nitrogens with one attached hydrogen (secondary N) is 1. The van der Waals surface area contributed by atoms with E-state index in [1.165, 1.54) is 0 Å². The van der Waals surface area contributed by atoms with Gasteiger partial charge in [0, 0.05) is 0 Å². The maximum absolute atomic E-state index is 12.4. The van der Waals surface area contributed by atoms with Crippen LogP contribution < -0.4 is 5.32 Å². The van der Waals surface area contributed by atoms with Gasteiger partial charge in [-0.2, -0.15) is 0 Å². The van der Waals surface area contributed by atoms with Crippen LogP contribution in [-0.4, -0.2) is 29.9 Å². The van der Waals surface area contributed by atoms with Crippen LogP contribution in [0.3, 0.4) is 0 Å². The third-order valence-electron chi connectivity index (χ3n) is 1.47. The molecule has 6 heteroatoms. The lowest BCUT2D eigenvalue weighted by Crippen LogP contribution is -2.54. The number of hydrogen-bond donors (Lipinski definition) is 1. The van der Waals surface area contributed by atoms with Gasteiger partial charge in [-0.25, -0.2) is 13.6 Å². The highest BCUT2D eigenvalue weighted by Gasteiger charge is 2.37. The van der Waals surface area contributed by atoms with Crippen molar-refractivity contribution in [1.82, 2.24) is 5.32 Å². The second kappa shape index (κ2) is 4.55. The first kappa shape index (κ1) is 13.8. The van der Waals surface area contributed by atoms with Crippen molar-refractivity contribution >= 4 is 12.4 Å². The summed E-state index contributed by atoms with van der Waals surface area (Å²) < 4.78 is 29.5. The lowest BCUT2D eigenvalue weighted by Gasteiger charge is -2.26. The Morgan fingerprint density at radius 2 is 1.80 bits per heavy atom. The Morgan fingerprint density at radius 3 is 2.07 bits per heavy atom. The number of alkyl halides is 2. The van der Waals surface area contributed by atoms with Crippen molar-refractivity contribution in [1.29, 1.82) is 0 Å². The van der Waals surface area contributed by atoms with Gasteiger partial charge in [-0.3, -0.25) is 0 Å². The Morgan fingerprint density at radius 1 is 1.33 bits per heavy atom. The van der Waals surface area contributed by atoms with Crippen molar-refractivity contribution in [3.05, 3.63) is 0 Å². The van der Waals surface area contributed by atoms with Crippen molar-refractivity contribution in [2.24, 2.45) is 0 Å². The molecule has 0 saturated heterocycles. The molecule has 15 heavy (non-hydrogen) atoms. The molecule has 1 amide bonds. The fourth-order valence-electron chi connectivity index (χ4n) is 0.659. The van der Waals surface area contributed by atoms with Gasteiger partial charge in [-0.15, -0.1) is 0 Å². The number of alkyl carbamates (subject to hydrolysis) is 1. The van der Waals surface area contributed by atoms with Crippen LogP contribution in [0.2, 0.25) is 0 Å². The fraction of sp³-hybridized carbons (Fsp3) is 0.778. The minimum atomic E-state index is -2.98. The molecule has 88 valence electrons. The fourth-order valence-corrected chi connectivity index (χ4v) is 0.659. The molecule has 1 N–H and O–H groups in total. The molecule has 0 spiro atoms. The number of carbonyl (C=O) groups excluding carboxylic acids is 2. The van der Waals surface area contributed by atoms with E-state index in [1.807, 2.05) is 5.32 Å². The van der Waals surface area contributed by atoms with Crippen molar-refractivity contribution < 1.29 is 23.1 Å². The summed E-state index contributed by atoms with van der Waals surface area (Å²) in [6, 6.07) is 0. The number of amides is 1. The Labute approximate surface area is 87.0 Å². The molecule has 0 fully saturated rings. The van der Waals surface area contributed by atoms with Gasteiger partial charge in [0.15, 0.2) is 11.8 Å². The minimum absolute atomic E-state index is 0.0123. The van der Waals surface area contributed by atoms with Crippen molar-refractivity contribution in [2.75, 3.05) is 0 Å². The predicted molar refractivity (Wildman–Crippen MR) is 49.8 cm³/mol. The molecule has 0 radical (unpaired) electrons. The standard InChI is InChI=1S/C9H15F2NO3/c1-8(2,3)15-7(14)12-9(4,5-13)6(10)11/h5-6H,1-4H3,(H,12,14). The highest BCUT2D eigenvalue weighted by Crippen LogP contribution is 2.14. The third kappa shape index (κ3) is 4.71. The van der Waals surface area contributed by atoms with Crippen molar-refractivity contribution in [3.8, 4) is 0 Å². The van der Waals surface area contributed by atoms with Gasteiger partial charge in [0.05, 0.1) is 0 Å². The zero-order valence-electron chi connectivity index (χ0n) is 9.14. The highest BCUT2D eigenvalue weighted by molar-refractivity contribution is 5.76. The van der Waals surface area contributed by atoms with E-state index in [1.54, 1.807) is 20.8 Å². The first-order valence-corrected chi connectivity index (χ1v) is 4.36. The van der Waals surface area contributed by atoms with Gasteiger partial charge in [-0.1, -0.05) is 0 Å².